The molecule has 2 unspecified atom stereocenters. The SMILES string of the molecule is CCNC(=NCc1nc(C(C)OCC)no1)NCCC(O)c1ccccc1. The molecule has 2 aromatic rings. The summed E-state index contributed by atoms with van der Waals surface area (Å²) in [7, 11) is 0. The fourth-order valence-electron chi connectivity index (χ4n) is 2.48. The number of aliphatic imine (C=N–C) groups is 1. The van der Waals surface area contributed by atoms with Crippen LogP contribution in [0.15, 0.2) is 39.8 Å². The van der Waals surface area contributed by atoms with Gasteiger partial charge in [0.15, 0.2) is 11.8 Å². The summed E-state index contributed by atoms with van der Waals surface area (Å²) in [4.78, 5) is 8.75. The van der Waals surface area contributed by atoms with Gasteiger partial charge in [-0.25, -0.2) is 4.99 Å². The summed E-state index contributed by atoms with van der Waals surface area (Å²) < 4.78 is 10.7. The number of benzene rings is 1. The lowest BCUT2D eigenvalue weighted by atomic mass is 10.1. The number of nitrogens with one attached hydrogen (secondary N) is 2. The van der Waals surface area contributed by atoms with Gasteiger partial charge in [0.1, 0.15) is 12.6 Å². The fraction of sp³-hybridized carbons (Fsp3) is 0.526. The van der Waals surface area contributed by atoms with Crippen molar-refractivity contribution in [3.63, 3.8) is 0 Å². The van der Waals surface area contributed by atoms with Crippen LogP contribution in [0.2, 0.25) is 0 Å². The summed E-state index contributed by atoms with van der Waals surface area (Å²) in [5.74, 6) is 1.58. The third-order valence-electron chi connectivity index (χ3n) is 3.88. The van der Waals surface area contributed by atoms with Crippen LogP contribution >= 0.6 is 0 Å². The molecule has 0 radical (unpaired) electrons. The predicted molar refractivity (Wildman–Crippen MR) is 103 cm³/mol. The second-order valence-electron chi connectivity index (χ2n) is 5.98. The molecule has 27 heavy (non-hydrogen) atoms. The second kappa shape index (κ2) is 11.3. The molecule has 0 amide bonds. The van der Waals surface area contributed by atoms with Gasteiger partial charge in [0, 0.05) is 19.7 Å². The van der Waals surface area contributed by atoms with Crippen molar-refractivity contribution >= 4 is 5.96 Å². The zero-order valence-electron chi connectivity index (χ0n) is 16.2. The van der Waals surface area contributed by atoms with E-state index in [9.17, 15) is 5.11 Å². The van der Waals surface area contributed by atoms with Crippen molar-refractivity contribution in [2.45, 2.75) is 45.9 Å². The van der Waals surface area contributed by atoms with Gasteiger partial charge < -0.3 is 25.0 Å². The highest BCUT2D eigenvalue weighted by atomic mass is 16.5. The monoisotopic (exact) mass is 375 g/mol. The zero-order chi connectivity index (χ0) is 19.5. The van der Waals surface area contributed by atoms with E-state index in [2.05, 4.69) is 25.8 Å². The Bertz CT molecular complexity index is 690. The van der Waals surface area contributed by atoms with Gasteiger partial charge in [0.2, 0.25) is 5.89 Å². The van der Waals surface area contributed by atoms with Crippen molar-refractivity contribution in [3.05, 3.63) is 47.6 Å². The molecule has 1 aromatic carbocycles. The number of guanidine groups is 1. The smallest absolute Gasteiger partial charge is 0.248 e. The summed E-state index contributed by atoms with van der Waals surface area (Å²) in [6, 6.07) is 9.61. The highest BCUT2D eigenvalue weighted by molar-refractivity contribution is 5.79. The van der Waals surface area contributed by atoms with Crippen molar-refractivity contribution in [1.82, 2.24) is 20.8 Å². The Kier molecular flexibility index (Phi) is 8.73. The minimum absolute atomic E-state index is 0.206. The number of ether oxygens (including phenoxy) is 1. The van der Waals surface area contributed by atoms with Crippen LogP contribution in [0.25, 0.3) is 0 Å². The van der Waals surface area contributed by atoms with E-state index in [1.54, 1.807) is 0 Å². The molecule has 2 atom stereocenters. The number of hydrogen-bond acceptors (Lipinski definition) is 6. The van der Waals surface area contributed by atoms with Crippen LogP contribution in [-0.2, 0) is 11.3 Å². The van der Waals surface area contributed by atoms with Gasteiger partial charge in [0.25, 0.3) is 0 Å². The predicted octanol–water partition coefficient (Wildman–Crippen LogP) is 2.35. The molecular weight excluding hydrogens is 346 g/mol. The third kappa shape index (κ3) is 6.99. The molecule has 0 aliphatic heterocycles. The molecule has 1 heterocycles. The van der Waals surface area contributed by atoms with Gasteiger partial charge in [-0.05, 0) is 32.8 Å². The van der Waals surface area contributed by atoms with Gasteiger partial charge in [-0.2, -0.15) is 4.98 Å². The summed E-state index contributed by atoms with van der Waals surface area (Å²) >= 11 is 0. The van der Waals surface area contributed by atoms with Crippen molar-refractivity contribution in [2.75, 3.05) is 19.7 Å². The lowest BCUT2D eigenvalue weighted by Gasteiger charge is -2.14. The minimum atomic E-state index is -0.514. The van der Waals surface area contributed by atoms with Gasteiger partial charge >= 0.3 is 0 Å². The molecule has 0 aliphatic rings. The molecule has 8 heteroatoms. The van der Waals surface area contributed by atoms with E-state index in [0.29, 0.717) is 37.2 Å². The molecule has 3 N–H and O–H groups in total. The number of aliphatic hydroxyl groups excluding tert-OH is 1. The van der Waals surface area contributed by atoms with Crippen LogP contribution in [0.3, 0.4) is 0 Å². The van der Waals surface area contributed by atoms with E-state index in [-0.39, 0.29) is 12.6 Å². The topological polar surface area (TPSA) is 105 Å². The number of aromatic nitrogens is 2. The van der Waals surface area contributed by atoms with Crippen LogP contribution in [0.1, 0.15) is 56.7 Å². The van der Waals surface area contributed by atoms with Gasteiger partial charge in [0.05, 0.1) is 6.10 Å². The normalized spacial score (nSPS) is 14.0. The average Bonchev–Trinajstić information content (AvgIpc) is 3.16. The van der Waals surface area contributed by atoms with Crippen LogP contribution in [0.5, 0.6) is 0 Å². The number of nitrogens with zero attached hydrogens (tertiary/aromatic N) is 3. The standard InChI is InChI=1S/C19H29N5O3/c1-4-20-19(21-12-11-16(25)15-9-7-6-8-10-15)22-13-17-23-18(24-27-17)14(3)26-5-2/h6-10,14,16,25H,4-5,11-13H2,1-3H3,(H2,20,21,22). The Morgan fingerprint density at radius 1 is 1.26 bits per heavy atom. The van der Waals surface area contributed by atoms with Gasteiger partial charge in [-0.3, -0.25) is 0 Å². The Morgan fingerprint density at radius 2 is 2.04 bits per heavy atom. The lowest BCUT2D eigenvalue weighted by molar-refractivity contribution is 0.0683. The molecule has 0 spiro atoms. The van der Waals surface area contributed by atoms with Crippen molar-refractivity contribution in [2.24, 2.45) is 4.99 Å². The van der Waals surface area contributed by atoms with Gasteiger partial charge in [-0.15, -0.1) is 0 Å². The maximum absolute atomic E-state index is 10.2. The van der Waals surface area contributed by atoms with E-state index >= 15 is 0 Å². The molecule has 2 rings (SSSR count). The summed E-state index contributed by atoms with van der Waals surface area (Å²) in [6.07, 6.45) is -0.146. The molecule has 8 nitrogen and oxygen atoms in total. The minimum Gasteiger partial charge on any atom is -0.388 e. The Labute approximate surface area is 160 Å². The van der Waals surface area contributed by atoms with Gasteiger partial charge in [-0.1, -0.05) is 35.5 Å². The Morgan fingerprint density at radius 3 is 2.74 bits per heavy atom. The molecule has 0 fully saturated rings. The maximum Gasteiger partial charge on any atom is 0.248 e. The first-order valence-electron chi connectivity index (χ1n) is 9.33. The summed E-state index contributed by atoms with van der Waals surface area (Å²) in [6.45, 7) is 7.96. The van der Waals surface area contributed by atoms with E-state index < -0.39 is 6.10 Å². The molecule has 1 aromatic heterocycles. The molecule has 148 valence electrons. The lowest BCUT2D eigenvalue weighted by Crippen LogP contribution is -2.38. The highest BCUT2D eigenvalue weighted by Gasteiger charge is 2.13. The van der Waals surface area contributed by atoms with Crippen molar-refractivity contribution in [1.29, 1.82) is 0 Å². The number of aliphatic hydroxyl groups is 1. The highest BCUT2D eigenvalue weighted by Crippen LogP contribution is 2.15. The molecule has 0 aliphatic carbocycles. The average molecular weight is 375 g/mol. The van der Waals surface area contributed by atoms with E-state index in [1.807, 2.05) is 51.1 Å². The van der Waals surface area contributed by atoms with Crippen LogP contribution in [-0.4, -0.2) is 40.9 Å². The van der Waals surface area contributed by atoms with E-state index in [1.165, 1.54) is 0 Å². The van der Waals surface area contributed by atoms with E-state index in [4.69, 9.17) is 9.26 Å². The van der Waals surface area contributed by atoms with Crippen LogP contribution < -0.4 is 10.6 Å². The summed E-state index contributed by atoms with van der Waals surface area (Å²) in [5, 5.41) is 20.5. The summed E-state index contributed by atoms with van der Waals surface area (Å²) in [5.41, 5.74) is 0.906. The fourth-order valence-corrected chi connectivity index (χ4v) is 2.48. The largest absolute Gasteiger partial charge is 0.388 e. The molecule has 0 bridgehead atoms. The molecular formula is C19H29N5O3. The number of hydrogen-bond donors (Lipinski definition) is 3. The third-order valence-corrected chi connectivity index (χ3v) is 3.88. The van der Waals surface area contributed by atoms with Crippen LogP contribution in [0.4, 0.5) is 0 Å². The Hall–Kier alpha value is -2.45. The maximum atomic E-state index is 10.2. The molecule has 0 saturated carbocycles. The van der Waals surface area contributed by atoms with Crippen LogP contribution in [0, 0.1) is 0 Å². The van der Waals surface area contributed by atoms with Crippen molar-refractivity contribution in [3.8, 4) is 0 Å². The first kappa shape index (κ1) is 20.9. The first-order chi connectivity index (χ1) is 13.1. The number of rotatable bonds is 10. The molecule has 0 saturated heterocycles. The first-order valence-corrected chi connectivity index (χ1v) is 9.33. The van der Waals surface area contributed by atoms with E-state index in [0.717, 1.165) is 12.1 Å². The Balaban J connectivity index is 1.85. The quantitative estimate of drug-likeness (QED) is 0.432. The van der Waals surface area contributed by atoms with Crippen molar-refractivity contribution < 1.29 is 14.4 Å². The zero-order valence-corrected chi connectivity index (χ0v) is 16.2. The second-order valence-corrected chi connectivity index (χ2v) is 5.98.